The van der Waals surface area contributed by atoms with Crippen LogP contribution in [0.5, 0.6) is 0 Å². The van der Waals surface area contributed by atoms with Crippen molar-refractivity contribution >= 4 is 23.9 Å². The average Bonchev–Trinajstić information content (AvgIpc) is 2.66. The maximum Gasteiger partial charge on any atom is 0.313 e. The van der Waals surface area contributed by atoms with Gasteiger partial charge in [0.25, 0.3) is 0 Å². The van der Waals surface area contributed by atoms with Crippen LogP contribution in [0.25, 0.3) is 0 Å². The number of hydrogen-bond acceptors (Lipinski definition) is 8. The maximum absolute atomic E-state index is 12.4. The summed E-state index contributed by atoms with van der Waals surface area (Å²) >= 11 is 0. The SMILES string of the molecule is CC(OC(=O)C1CCCCC1C(=O)O)OC(=O)C1CC([N+](=O)[O-])CCC1C(=O)O. The van der Waals surface area contributed by atoms with Gasteiger partial charge in [-0.1, -0.05) is 12.8 Å². The summed E-state index contributed by atoms with van der Waals surface area (Å²) in [4.78, 5) is 58.0. The quantitative estimate of drug-likeness (QED) is 0.268. The van der Waals surface area contributed by atoms with Crippen molar-refractivity contribution in [2.75, 3.05) is 0 Å². The van der Waals surface area contributed by atoms with Gasteiger partial charge >= 0.3 is 23.9 Å². The van der Waals surface area contributed by atoms with Crippen LogP contribution in [-0.2, 0) is 28.7 Å². The van der Waals surface area contributed by atoms with E-state index in [1.165, 1.54) is 6.92 Å². The molecule has 2 aliphatic carbocycles. The van der Waals surface area contributed by atoms with Gasteiger partial charge in [-0.3, -0.25) is 29.3 Å². The Balaban J connectivity index is 1.98. The summed E-state index contributed by atoms with van der Waals surface area (Å²) < 4.78 is 10.1. The first-order chi connectivity index (χ1) is 13.6. The number of carboxylic acids is 2. The van der Waals surface area contributed by atoms with E-state index < -0.39 is 64.8 Å². The molecule has 0 amide bonds. The zero-order valence-electron chi connectivity index (χ0n) is 16.0. The molecule has 0 bridgehead atoms. The topological polar surface area (TPSA) is 170 Å². The molecule has 0 radical (unpaired) electrons. The van der Waals surface area contributed by atoms with Crippen LogP contribution in [0, 0.1) is 33.8 Å². The number of hydrogen-bond donors (Lipinski definition) is 2. The third kappa shape index (κ3) is 5.64. The number of esters is 2. The Morgan fingerprint density at radius 3 is 1.86 bits per heavy atom. The summed E-state index contributed by atoms with van der Waals surface area (Å²) in [5.41, 5.74) is 0. The smallest absolute Gasteiger partial charge is 0.313 e. The lowest BCUT2D eigenvalue weighted by Gasteiger charge is -2.30. The van der Waals surface area contributed by atoms with Crippen molar-refractivity contribution in [2.45, 2.75) is 64.2 Å². The Labute approximate surface area is 166 Å². The van der Waals surface area contributed by atoms with Crippen LogP contribution < -0.4 is 0 Å². The minimum Gasteiger partial charge on any atom is -0.481 e. The number of nitrogens with zero attached hydrogens (tertiary/aromatic N) is 1. The number of rotatable bonds is 7. The van der Waals surface area contributed by atoms with Crippen molar-refractivity contribution in [1.29, 1.82) is 0 Å². The highest BCUT2D eigenvalue weighted by Gasteiger charge is 2.45. The Bertz CT molecular complexity index is 678. The van der Waals surface area contributed by atoms with Gasteiger partial charge in [0.2, 0.25) is 12.3 Å². The van der Waals surface area contributed by atoms with E-state index >= 15 is 0 Å². The molecule has 11 heteroatoms. The predicted octanol–water partition coefficient (Wildman–Crippen LogP) is 1.46. The molecular weight excluding hydrogens is 390 g/mol. The van der Waals surface area contributed by atoms with Crippen molar-refractivity contribution in [2.24, 2.45) is 23.7 Å². The minimum absolute atomic E-state index is 0.0305. The highest BCUT2D eigenvalue weighted by Crippen LogP contribution is 2.34. The Morgan fingerprint density at radius 1 is 0.862 bits per heavy atom. The van der Waals surface area contributed by atoms with E-state index in [1.54, 1.807) is 0 Å². The van der Waals surface area contributed by atoms with Crippen molar-refractivity contribution in [3.63, 3.8) is 0 Å². The van der Waals surface area contributed by atoms with E-state index in [0.717, 1.165) is 0 Å². The molecular formula is C18H25NO10. The van der Waals surface area contributed by atoms with E-state index in [9.17, 15) is 39.5 Å². The lowest BCUT2D eigenvalue weighted by atomic mass is 9.77. The molecule has 2 fully saturated rings. The number of aliphatic carboxylic acids is 2. The molecule has 0 aromatic heterocycles. The first-order valence-corrected chi connectivity index (χ1v) is 9.61. The number of nitro groups is 1. The number of carbonyl (C=O) groups is 4. The third-order valence-corrected chi connectivity index (χ3v) is 5.69. The van der Waals surface area contributed by atoms with Crippen molar-refractivity contribution in [1.82, 2.24) is 0 Å². The fourth-order valence-corrected chi connectivity index (χ4v) is 4.13. The second-order valence-corrected chi connectivity index (χ2v) is 7.58. The van der Waals surface area contributed by atoms with Gasteiger partial charge in [-0.15, -0.1) is 0 Å². The van der Waals surface area contributed by atoms with Gasteiger partial charge < -0.3 is 19.7 Å². The predicted molar refractivity (Wildman–Crippen MR) is 94.0 cm³/mol. The molecule has 0 heterocycles. The maximum atomic E-state index is 12.4. The van der Waals surface area contributed by atoms with Crippen molar-refractivity contribution < 1.29 is 43.8 Å². The summed E-state index contributed by atoms with van der Waals surface area (Å²) in [7, 11) is 0. The van der Waals surface area contributed by atoms with Crippen molar-refractivity contribution in [3.05, 3.63) is 10.1 Å². The molecule has 0 aromatic carbocycles. The Hall–Kier alpha value is -2.72. The minimum atomic E-state index is -1.36. The van der Waals surface area contributed by atoms with Crippen LogP contribution in [0.15, 0.2) is 0 Å². The van der Waals surface area contributed by atoms with E-state index in [0.29, 0.717) is 25.7 Å². The fraction of sp³-hybridized carbons (Fsp3) is 0.778. The van der Waals surface area contributed by atoms with Crippen LogP contribution in [0.2, 0.25) is 0 Å². The zero-order chi connectivity index (χ0) is 21.7. The molecule has 2 aliphatic rings. The average molecular weight is 415 g/mol. The summed E-state index contributed by atoms with van der Waals surface area (Å²) in [6, 6.07) is -1.04. The lowest BCUT2D eigenvalue weighted by molar-refractivity contribution is -0.528. The second-order valence-electron chi connectivity index (χ2n) is 7.58. The van der Waals surface area contributed by atoms with Gasteiger partial charge in [-0.25, -0.2) is 0 Å². The standard InChI is InChI=1S/C18H25NO10/c1-9(28-17(24)13-5-3-2-4-11(13)15(20)21)29-18(25)14-8-10(19(26)27)6-7-12(14)16(22)23/h9-14H,2-8H2,1H3,(H,20,21)(H,22,23). The number of ether oxygens (including phenoxy) is 2. The molecule has 6 unspecified atom stereocenters. The van der Waals surface area contributed by atoms with E-state index in [2.05, 4.69) is 0 Å². The summed E-state index contributed by atoms with van der Waals surface area (Å²) in [6.07, 6.45) is 0.472. The van der Waals surface area contributed by atoms with Crippen LogP contribution in [0.4, 0.5) is 0 Å². The molecule has 29 heavy (non-hydrogen) atoms. The van der Waals surface area contributed by atoms with Gasteiger partial charge in [0, 0.05) is 24.7 Å². The molecule has 2 N–H and O–H groups in total. The molecule has 2 saturated carbocycles. The Kier molecular flexibility index (Phi) is 7.52. The van der Waals surface area contributed by atoms with E-state index in [4.69, 9.17) is 9.47 Å². The highest BCUT2D eigenvalue weighted by molar-refractivity contribution is 5.82. The normalized spacial score (nSPS) is 30.6. The number of carboxylic acid groups (broad SMARTS) is 2. The summed E-state index contributed by atoms with van der Waals surface area (Å²) in [6.45, 7) is 1.26. The molecule has 6 atom stereocenters. The molecule has 0 saturated heterocycles. The second kappa shape index (κ2) is 9.66. The molecule has 0 aromatic rings. The van der Waals surface area contributed by atoms with Crippen molar-refractivity contribution in [3.8, 4) is 0 Å². The van der Waals surface area contributed by atoms with Gasteiger partial charge in [0.05, 0.1) is 23.7 Å². The highest BCUT2D eigenvalue weighted by atomic mass is 16.7. The van der Waals surface area contributed by atoms with Crippen LogP contribution in [0.1, 0.15) is 51.9 Å². The lowest BCUT2D eigenvalue weighted by Crippen LogP contribution is -2.42. The first-order valence-electron chi connectivity index (χ1n) is 9.61. The van der Waals surface area contributed by atoms with Gasteiger partial charge in [-0.2, -0.15) is 0 Å². The van der Waals surface area contributed by atoms with E-state index in [1.807, 2.05) is 0 Å². The van der Waals surface area contributed by atoms with Crippen LogP contribution in [-0.4, -0.2) is 51.3 Å². The number of carbonyl (C=O) groups excluding carboxylic acids is 2. The molecule has 162 valence electrons. The fourth-order valence-electron chi connectivity index (χ4n) is 4.13. The monoisotopic (exact) mass is 415 g/mol. The van der Waals surface area contributed by atoms with Gasteiger partial charge in [0.1, 0.15) is 0 Å². The van der Waals surface area contributed by atoms with E-state index in [-0.39, 0.29) is 19.3 Å². The van der Waals surface area contributed by atoms with Crippen LogP contribution in [0.3, 0.4) is 0 Å². The summed E-state index contributed by atoms with van der Waals surface area (Å²) in [5.74, 6) is -8.16. The first kappa shape index (κ1) is 22.6. The van der Waals surface area contributed by atoms with Gasteiger partial charge in [0.15, 0.2) is 0 Å². The van der Waals surface area contributed by atoms with Gasteiger partial charge in [-0.05, 0) is 19.3 Å². The Morgan fingerprint density at radius 2 is 1.34 bits per heavy atom. The largest absolute Gasteiger partial charge is 0.481 e. The molecule has 0 spiro atoms. The van der Waals surface area contributed by atoms with Crippen LogP contribution >= 0.6 is 0 Å². The molecule has 2 rings (SSSR count). The molecule has 11 nitrogen and oxygen atoms in total. The zero-order valence-corrected chi connectivity index (χ0v) is 16.0. The third-order valence-electron chi connectivity index (χ3n) is 5.69. The molecule has 0 aliphatic heterocycles. The summed E-state index contributed by atoms with van der Waals surface area (Å²) in [5, 5.41) is 29.6.